The summed E-state index contributed by atoms with van der Waals surface area (Å²) in [6.45, 7) is 4.02. The Labute approximate surface area is 207 Å². The van der Waals surface area contributed by atoms with Crippen molar-refractivity contribution in [1.29, 1.82) is 0 Å². The topological polar surface area (TPSA) is 182 Å². The number of rotatable bonds is 3. The predicted molar refractivity (Wildman–Crippen MR) is 130 cm³/mol. The number of hydrogen-bond donors (Lipinski definition) is 6. The number of aromatic hydroxyl groups is 1. The maximum Gasteiger partial charge on any atom is 0.347 e. The number of carbonyl (C=O) groups is 3. The Morgan fingerprint density at radius 2 is 1.91 bits per heavy atom. The molecule has 1 amide bonds. The molecular weight excluding hydrogens is 505 g/mol. The van der Waals surface area contributed by atoms with Gasteiger partial charge in [-0.25, -0.2) is 0 Å². The molecule has 7 N–H and O–H groups in total. The van der Waals surface area contributed by atoms with E-state index in [4.69, 9.17) is 5.73 Å². The molecule has 1 saturated heterocycles. The Hall–Kier alpha value is -2.82. The van der Waals surface area contributed by atoms with Crippen LogP contribution in [0.25, 0.3) is 11.3 Å². The quantitative estimate of drug-likeness (QED) is 0.213. The zero-order chi connectivity index (χ0) is 26.2. The minimum absolute atomic E-state index is 0.109. The molecule has 181 valence electrons. The number of phenols is 1. The first-order valence-electron chi connectivity index (χ1n) is 10.5. The molecule has 0 spiro atoms. The maximum absolute atomic E-state index is 14.2. The summed E-state index contributed by atoms with van der Waals surface area (Å²) >= 11 is 0. The first kappa shape index (κ1) is 25.3. The summed E-state index contributed by atoms with van der Waals surface area (Å²) in [5.41, 5.74) is 3.44. The van der Waals surface area contributed by atoms with Crippen LogP contribution in [0.5, 0.6) is 5.75 Å². The predicted octanol–water partition coefficient (Wildman–Crippen LogP) is -0.979. The van der Waals surface area contributed by atoms with Gasteiger partial charge in [0.15, 0.2) is 14.9 Å². The molecule has 13 heteroatoms. The van der Waals surface area contributed by atoms with Gasteiger partial charge in [0.25, 0.3) is 5.91 Å². The summed E-state index contributed by atoms with van der Waals surface area (Å²) in [5.74, 6) is -3.59. The molecule has 2 heterocycles. The van der Waals surface area contributed by atoms with Crippen LogP contribution in [0.4, 0.5) is 0 Å². The van der Waals surface area contributed by atoms with Gasteiger partial charge >= 0.3 is 8.32 Å². The molecular formula is C22H23N2O8Si3. The molecule has 0 bridgehead atoms. The number of nitrogens with zero attached hydrogens (tertiary/aromatic N) is 1. The van der Waals surface area contributed by atoms with Crippen molar-refractivity contribution in [3.05, 3.63) is 52.4 Å². The molecule has 0 unspecified atom stereocenters. The van der Waals surface area contributed by atoms with Crippen LogP contribution in [0.2, 0.25) is 11.1 Å². The van der Waals surface area contributed by atoms with Crippen LogP contribution in [0.1, 0.15) is 11.1 Å². The molecule has 10 nitrogen and oxygen atoms in total. The highest BCUT2D eigenvalue weighted by Gasteiger charge is 2.75. The van der Waals surface area contributed by atoms with Crippen LogP contribution >= 0.6 is 0 Å². The first-order chi connectivity index (χ1) is 16.3. The molecule has 5 radical (unpaired) electrons. The fraction of sp³-hybridized carbons (Fsp3) is 0.318. The Morgan fingerprint density at radius 1 is 1.29 bits per heavy atom. The molecule has 0 aromatic heterocycles. The highest BCUT2D eigenvalue weighted by Crippen LogP contribution is 2.62. The monoisotopic (exact) mass is 527 g/mol. The van der Waals surface area contributed by atoms with Crippen LogP contribution in [0, 0.1) is 5.92 Å². The van der Waals surface area contributed by atoms with Gasteiger partial charge in [0.1, 0.15) is 27.9 Å². The molecule has 1 aromatic rings. The van der Waals surface area contributed by atoms with Gasteiger partial charge in [-0.1, -0.05) is 24.8 Å². The van der Waals surface area contributed by atoms with Gasteiger partial charge < -0.3 is 40.6 Å². The van der Waals surface area contributed by atoms with Crippen LogP contribution in [0.15, 0.2) is 41.3 Å². The summed E-state index contributed by atoms with van der Waals surface area (Å²) in [6, 6.07) is 4.12. The van der Waals surface area contributed by atoms with Gasteiger partial charge in [-0.2, -0.15) is 0 Å². The zero-order valence-corrected chi connectivity index (χ0v) is 21.9. The van der Waals surface area contributed by atoms with Crippen molar-refractivity contribution >= 4 is 56.1 Å². The van der Waals surface area contributed by atoms with Gasteiger partial charge in [0.05, 0.1) is 11.7 Å². The zero-order valence-electron chi connectivity index (χ0n) is 18.9. The van der Waals surface area contributed by atoms with Gasteiger partial charge in [0.2, 0.25) is 0 Å². The van der Waals surface area contributed by atoms with Gasteiger partial charge in [0, 0.05) is 32.4 Å². The summed E-state index contributed by atoms with van der Waals surface area (Å²) in [7, 11) is 0.657. The molecule has 1 aliphatic carbocycles. The van der Waals surface area contributed by atoms with E-state index in [0.29, 0.717) is 5.56 Å². The standard InChI is InChI=1S/C22H23N2O8Si3/c1-8-9-5-4-6-10(25)12(9)15(26)13-11(8)16(27)22(7-33)21(24(2)3)34-18(29)14(17(23)28)20(31)35(22,32)19(13)30/h4-6,11,16,21,25-27,31-32H,1,7H2,2-3H3,(H2,23,28)/t11-,16+,21-,22+,35+/m1/s1. The number of phenolic OH excluding ortho intramolecular Hbond substituents is 1. The second-order valence-electron chi connectivity index (χ2n) is 9.09. The van der Waals surface area contributed by atoms with E-state index >= 15 is 0 Å². The highest BCUT2D eigenvalue weighted by molar-refractivity contribution is 7.11. The number of benzene rings is 1. The van der Waals surface area contributed by atoms with E-state index in [9.17, 15) is 39.6 Å². The largest absolute Gasteiger partial charge is 0.513 e. The summed E-state index contributed by atoms with van der Waals surface area (Å²) < 4.78 is 0. The molecule has 2 aliphatic heterocycles. The SMILES string of the molecule is C=C1c2cccc(O)c2C(O)=C2C(=O)[Si@]3(O)C(O)=C(C(N)=O)C(=O)[Si][C@@H](N(C)C)[C@]3(C[Si])[C@@H](O)[C@H]12. The van der Waals surface area contributed by atoms with Gasteiger partial charge in [-0.15, -0.1) is 0 Å². The smallest absolute Gasteiger partial charge is 0.347 e. The van der Waals surface area contributed by atoms with E-state index in [0.717, 1.165) is 0 Å². The fourth-order valence-electron chi connectivity index (χ4n) is 5.64. The minimum atomic E-state index is -5.13. The summed E-state index contributed by atoms with van der Waals surface area (Å²) in [5, 5.41) is 39.7. The van der Waals surface area contributed by atoms with E-state index < -0.39 is 79.6 Å². The van der Waals surface area contributed by atoms with Gasteiger partial charge in [-0.05, 0) is 31.3 Å². The number of aliphatic hydroxyl groups excluding tert-OH is 3. The van der Waals surface area contributed by atoms with Crippen LogP contribution in [0.3, 0.4) is 0 Å². The molecule has 35 heavy (non-hydrogen) atoms. The number of aliphatic hydroxyl groups is 3. The van der Waals surface area contributed by atoms with E-state index in [1.165, 1.54) is 12.1 Å². The Balaban J connectivity index is 2.17. The third-order valence-corrected chi connectivity index (χ3v) is 14.3. The average molecular weight is 528 g/mol. The molecule has 4 rings (SSSR count). The lowest BCUT2D eigenvalue weighted by Crippen LogP contribution is -2.73. The number of amides is 1. The molecule has 3 aliphatic rings. The lowest BCUT2D eigenvalue weighted by molar-refractivity contribution is -0.118. The number of primary amides is 1. The lowest BCUT2D eigenvalue weighted by atomic mass is 9.72. The van der Waals surface area contributed by atoms with E-state index in [-0.39, 0.29) is 22.9 Å². The number of fused-ring (bicyclic) bond motifs is 3. The van der Waals surface area contributed by atoms with Crippen molar-refractivity contribution in [3.63, 3.8) is 0 Å². The minimum Gasteiger partial charge on any atom is -0.513 e. The Morgan fingerprint density at radius 3 is 2.46 bits per heavy atom. The first-order valence-corrected chi connectivity index (χ1v) is 14.3. The second kappa shape index (κ2) is 8.11. The molecule has 1 aromatic carbocycles. The number of carbonyl (C=O) groups excluding carboxylic acids is 3. The van der Waals surface area contributed by atoms with Crippen molar-refractivity contribution in [2.24, 2.45) is 11.7 Å². The molecule has 5 atom stereocenters. The Kier molecular flexibility index (Phi) is 5.86. The van der Waals surface area contributed by atoms with Gasteiger partial charge in [-0.3, -0.25) is 9.59 Å². The van der Waals surface area contributed by atoms with Crippen LogP contribution in [-0.2, 0) is 14.4 Å². The highest BCUT2D eigenvalue weighted by atomic mass is 28.4. The average Bonchev–Trinajstić information content (AvgIpc) is 2.86. The normalized spacial score (nSPS) is 32.9. The summed E-state index contributed by atoms with van der Waals surface area (Å²) in [6.07, 6.45) is -1.64. The van der Waals surface area contributed by atoms with Crippen LogP contribution in [-0.4, -0.2) is 101 Å². The molecule has 0 saturated carbocycles. The van der Waals surface area contributed by atoms with E-state index in [2.05, 4.69) is 16.8 Å². The third-order valence-electron chi connectivity index (χ3n) is 7.27. The number of nitrogens with two attached hydrogens (primary N) is 1. The van der Waals surface area contributed by atoms with E-state index in [1.807, 2.05) is 0 Å². The lowest BCUT2D eigenvalue weighted by Gasteiger charge is -2.57. The van der Waals surface area contributed by atoms with Crippen molar-refractivity contribution in [2.45, 2.75) is 22.9 Å². The second-order valence-corrected chi connectivity index (χ2v) is 14.0. The van der Waals surface area contributed by atoms with Crippen molar-refractivity contribution < 1.29 is 39.6 Å². The fourth-order valence-corrected chi connectivity index (χ4v) is 13.3. The van der Waals surface area contributed by atoms with Crippen molar-refractivity contribution in [3.8, 4) is 5.75 Å². The van der Waals surface area contributed by atoms with Crippen molar-refractivity contribution in [2.75, 3.05) is 14.1 Å². The van der Waals surface area contributed by atoms with E-state index in [1.54, 1.807) is 25.1 Å². The summed E-state index contributed by atoms with van der Waals surface area (Å²) in [4.78, 5) is 53.2. The third kappa shape index (κ3) is 2.93. The maximum atomic E-state index is 14.2. The number of hydrogen-bond acceptors (Lipinski definition) is 9. The Bertz CT molecular complexity index is 1280. The van der Waals surface area contributed by atoms with Crippen LogP contribution < -0.4 is 5.73 Å². The van der Waals surface area contributed by atoms with Crippen molar-refractivity contribution in [1.82, 2.24) is 4.90 Å². The molecule has 1 fully saturated rings.